The van der Waals surface area contributed by atoms with E-state index in [9.17, 15) is 18.0 Å². The summed E-state index contributed by atoms with van der Waals surface area (Å²) in [5.74, 6) is -0.717. The lowest BCUT2D eigenvalue weighted by molar-refractivity contribution is 0.0648. The van der Waals surface area contributed by atoms with E-state index in [2.05, 4.69) is 0 Å². The standard InChI is InChI=1S/C21H18ClNO5S/c22-15-5-3-4-14(10-15)12-23(16-8-9-29(26,27)13-16)21(25)20-11-18(24)17-6-1-2-7-19(17)28-20/h1-7,10-11,16H,8-9,12-13H2/t16-/m0/s1. The molecule has 150 valence electrons. The monoisotopic (exact) mass is 431 g/mol. The number of rotatable bonds is 4. The molecule has 0 unspecified atom stereocenters. The molecule has 1 saturated heterocycles. The minimum atomic E-state index is -3.21. The SMILES string of the molecule is O=C(c1cc(=O)c2ccccc2o1)N(Cc1cccc(Cl)c1)[C@H]1CCS(=O)(=O)C1. The summed E-state index contributed by atoms with van der Waals surface area (Å²) in [6.45, 7) is 0.163. The van der Waals surface area contributed by atoms with Crippen molar-refractivity contribution in [3.63, 3.8) is 0 Å². The largest absolute Gasteiger partial charge is 0.451 e. The summed E-state index contributed by atoms with van der Waals surface area (Å²) in [5, 5.41) is 0.903. The van der Waals surface area contributed by atoms with E-state index in [1.165, 1.54) is 11.0 Å². The second kappa shape index (κ2) is 7.65. The zero-order valence-electron chi connectivity index (χ0n) is 15.4. The Bertz CT molecular complexity index is 1250. The molecule has 1 atom stereocenters. The molecule has 1 fully saturated rings. The van der Waals surface area contributed by atoms with Crippen LogP contribution in [0.2, 0.25) is 5.02 Å². The molecule has 8 heteroatoms. The van der Waals surface area contributed by atoms with Gasteiger partial charge in [0.05, 0.1) is 16.9 Å². The zero-order chi connectivity index (χ0) is 20.6. The van der Waals surface area contributed by atoms with Crippen LogP contribution in [0.4, 0.5) is 0 Å². The fraction of sp³-hybridized carbons (Fsp3) is 0.238. The molecular formula is C21H18ClNO5S. The Kier molecular flexibility index (Phi) is 5.19. The second-order valence-electron chi connectivity index (χ2n) is 7.09. The van der Waals surface area contributed by atoms with Gasteiger partial charge in [-0.2, -0.15) is 0 Å². The molecule has 1 aromatic heterocycles. The molecule has 1 aliphatic heterocycles. The molecule has 0 bridgehead atoms. The molecule has 0 radical (unpaired) electrons. The molecule has 0 N–H and O–H groups in total. The average Bonchev–Trinajstić information content (AvgIpc) is 3.05. The number of carbonyl (C=O) groups is 1. The fourth-order valence-electron chi connectivity index (χ4n) is 3.57. The topological polar surface area (TPSA) is 84.7 Å². The van der Waals surface area contributed by atoms with E-state index >= 15 is 0 Å². The van der Waals surface area contributed by atoms with Gasteiger partial charge in [0.1, 0.15) is 5.58 Å². The third kappa shape index (κ3) is 4.21. The summed E-state index contributed by atoms with van der Waals surface area (Å²) in [6.07, 6.45) is 0.340. The van der Waals surface area contributed by atoms with Crippen LogP contribution in [0, 0.1) is 0 Å². The van der Waals surface area contributed by atoms with E-state index in [-0.39, 0.29) is 29.2 Å². The van der Waals surface area contributed by atoms with Crippen LogP contribution in [0.15, 0.2) is 63.8 Å². The predicted octanol–water partition coefficient (Wildman–Crippen LogP) is 3.28. The fourth-order valence-corrected chi connectivity index (χ4v) is 5.51. The van der Waals surface area contributed by atoms with Crippen molar-refractivity contribution in [3.05, 3.63) is 81.2 Å². The smallest absolute Gasteiger partial charge is 0.290 e. The number of carbonyl (C=O) groups excluding carboxylic acids is 1. The van der Waals surface area contributed by atoms with Crippen LogP contribution in [0.5, 0.6) is 0 Å². The van der Waals surface area contributed by atoms with Crippen molar-refractivity contribution in [3.8, 4) is 0 Å². The van der Waals surface area contributed by atoms with Crippen molar-refractivity contribution < 1.29 is 17.6 Å². The summed E-state index contributed by atoms with van der Waals surface area (Å²) in [4.78, 5) is 27.2. The van der Waals surface area contributed by atoms with Gasteiger partial charge in [-0.15, -0.1) is 0 Å². The summed E-state index contributed by atoms with van der Waals surface area (Å²) >= 11 is 6.06. The molecule has 3 aromatic rings. The Morgan fingerprint density at radius 1 is 1.14 bits per heavy atom. The lowest BCUT2D eigenvalue weighted by Gasteiger charge is -2.28. The molecule has 1 amide bonds. The van der Waals surface area contributed by atoms with E-state index in [1.54, 1.807) is 42.5 Å². The number of nitrogens with zero attached hydrogens (tertiary/aromatic N) is 1. The molecule has 0 spiro atoms. The van der Waals surface area contributed by atoms with Gasteiger partial charge in [-0.05, 0) is 36.2 Å². The van der Waals surface area contributed by atoms with Gasteiger partial charge in [0.25, 0.3) is 5.91 Å². The maximum absolute atomic E-state index is 13.3. The minimum absolute atomic E-state index is 0.0264. The van der Waals surface area contributed by atoms with E-state index < -0.39 is 21.8 Å². The summed E-state index contributed by atoms with van der Waals surface area (Å²) < 4.78 is 29.7. The van der Waals surface area contributed by atoms with Crippen LogP contribution in [0.25, 0.3) is 11.0 Å². The van der Waals surface area contributed by atoms with Gasteiger partial charge in [0.15, 0.2) is 21.0 Å². The molecule has 2 heterocycles. The van der Waals surface area contributed by atoms with Crippen molar-refractivity contribution in [2.45, 2.75) is 19.0 Å². The van der Waals surface area contributed by atoms with Crippen LogP contribution >= 0.6 is 11.6 Å². The van der Waals surface area contributed by atoms with Crippen molar-refractivity contribution in [1.29, 1.82) is 0 Å². The zero-order valence-corrected chi connectivity index (χ0v) is 16.9. The Hall–Kier alpha value is -2.64. The van der Waals surface area contributed by atoms with Gasteiger partial charge in [-0.1, -0.05) is 35.9 Å². The lowest BCUT2D eigenvalue weighted by Crippen LogP contribution is -2.40. The molecular weight excluding hydrogens is 414 g/mol. The Labute approximate surface area is 172 Å². The Morgan fingerprint density at radius 2 is 1.93 bits per heavy atom. The Balaban J connectivity index is 1.74. The summed E-state index contributed by atoms with van der Waals surface area (Å²) in [5.41, 5.74) is 0.750. The van der Waals surface area contributed by atoms with E-state index in [0.717, 1.165) is 5.56 Å². The first-order chi connectivity index (χ1) is 13.8. The highest BCUT2D eigenvalue weighted by Gasteiger charge is 2.36. The molecule has 6 nitrogen and oxygen atoms in total. The van der Waals surface area contributed by atoms with Crippen molar-refractivity contribution >= 4 is 38.3 Å². The van der Waals surface area contributed by atoms with Gasteiger partial charge in [0.2, 0.25) is 0 Å². The summed E-state index contributed by atoms with van der Waals surface area (Å²) in [7, 11) is -3.21. The molecule has 1 aliphatic rings. The van der Waals surface area contributed by atoms with Crippen molar-refractivity contribution in [2.75, 3.05) is 11.5 Å². The third-order valence-corrected chi connectivity index (χ3v) is 6.98. The van der Waals surface area contributed by atoms with Crippen molar-refractivity contribution in [1.82, 2.24) is 4.90 Å². The maximum Gasteiger partial charge on any atom is 0.290 e. The van der Waals surface area contributed by atoms with Crippen LogP contribution in [-0.4, -0.2) is 36.8 Å². The van der Waals surface area contributed by atoms with E-state index in [0.29, 0.717) is 22.4 Å². The summed E-state index contributed by atoms with van der Waals surface area (Å²) in [6, 6.07) is 14.4. The molecule has 4 rings (SSSR count). The average molecular weight is 432 g/mol. The van der Waals surface area contributed by atoms with Crippen molar-refractivity contribution in [2.24, 2.45) is 0 Å². The van der Waals surface area contributed by atoms with E-state index in [1.807, 2.05) is 6.07 Å². The highest BCUT2D eigenvalue weighted by atomic mass is 35.5. The van der Waals surface area contributed by atoms with Gasteiger partial charge in [-0.3, -0.25) is 9.59 Å². The molecule has 0 saturated carbocycles. The van der Waals surface area contributed by atoms with Gasteiger partial charge in [0, 0.05) is 23.7 Å². The Morgan fingerprint density at radius 3 is 2.66 bits per heavy atom. The first-order valence-electron chi connectivity index (χ1n) is 9.11. The highest BCUT2D eigenvalue weighted by Crippen LogP contribution is 2.24. The number of para-hydroxylation sites is 1. The van der Waals surface area contributed by atoms with Crippen LogP contribution in [-0.2, 0) is 16.4 Å². The number of halogens is 1. The predicted molar refractivity (Wildman–Crippen MR) is 111 cm³/mol. The van der Waals surface area contributed by atoms with Crippen LogP contribution < -0.4 is 5.43 Å². The van der Waals surface area contributed by atoms with E-state index in [4.69, 9.17) is 16.0 Å². The number of hydrogen-bond acceptors (Lipinski definition) is 5. The lowest BCUT2D eigenvalue weighted by atomic mass is 10.1. The number of fused-ring (bicyclic) bond motifs is 1. The first kappa shape index (κ1) is 19.7. The highest BCUT2D eigenvalue weighted by molar-refractivity contribution is 7.91. The second-order valence-corrected chi connectivity index (χ2v) is 9.76. The molecule has 0 aliphatic carbocycles. The number of sulfone groups is 1. The quantitative estimate of drug-likeness (QED) is 0.633. The first-order valence-corrected chi connectivity index (χ1v) is 11.3. The normalized spacial score (nSPS) is 18.0. The van der Waals surface area contributed by atoms with Gasteiger partial charge < -0.3 is 9.32 Å². The number of benzene rings is 2. The van der Waals surface area contributed by atoms with Crippen LogP contribution in [0.3, 0.4) is 0 Å². The van der Waals surface area contributed by atoms with Gasteiger partial charge >= 0.3 is 0 Å². The number of hydrogen-bond donors (Lipinski definition) is 0. The number of amides is 1. The third-order valence-electron chi connectivity index (χ3n) is 5.00. The van der Waals surface area contributed by atoms with Gasteiger partial charge in [-0.25, -0.2) is 8.42 Å². The molecule has 29 heavy (non-hydrogen) atoms. The minimum Gasteiger partial charge on any atom is -0.451 e. The maximum atomic E-state index is 13.3. The van der Waals surface area contributed by atoms with Crippen LogP contribution in [0.1, 0.15) is 22.5 Å². The molecule has 2 aromatic carbocycles.